The summed E-state index contributed by atoms with van der Waals surface area (Å²) in [6.07, 6.45) is 3.15. The third-order valence-electron chi connectivity index (χ3n) is 3.51. The van der Waals surface area contributed by atoms with Gasteiger partial charge in [0.2, 0.25) is 0 Å². The second kappa shape index (κ2) is 4.88. The predicted octanol–water partition coefficient (Wildman–Crippen LogP) is 4.39. The number of rotatable bonds is 3. The van der Waals surface area contributed by atoms with E-state index in [0.717, 1.165) is 18.5 Å². The van der Waals surface area contributed by atoms with Crippen molar-refractivity contribution in [2.24, 2.45) is 0 Å². The molecule has 0 bridgehead atoms. The van der Waals surface area contributed by atoms with Gasteiger partial charge in [-0.25, -0.2) is 4.39 Å². The third-order valence-corrected chi connectivity index (χ3v) is 3.51. The number of aromatic nitrogens is 1. The predicted molar refractivity (Wildman–Crippen MR) is 76.8 cm³/mol. The van der Waals surface area contributed by atoms with Gasteiger partial charge in [-0.15, -0.1) is 0 Å². The number of hydrogen-bond acceptors (Lipinski definition) is 0. The summed E-state index contributed by atoms with van der Waals surface area (Å²) in [5, 5.41) is 1.27. The number of aryl methyl sites for hydroxylation is 1. The zero-order valence-corrected chi connectivity index (χ0v) is 10.9. The van der Waals surface area contributed by atoms with Gasteiger partial charge in [-0.1, -0.05) is 25.1 Å². The molecule has 3 aromatic rings. The van der Waals surface area contributed by atoms with E-state index in [1.165, 1.54) is 28.6 Å². The molecule has 1 heterocycles. The highest BCUT2D eigenvalue weighted by molar-refractivity contribution is 5.81. The molecule has 0 atom stereocenters. The zero-order valence-electron chi connectivity index (χ0n) is 10.9. The molecule has 0 unspecified atom stereocenters. The summed E-state index contributed by atoms with van der Waals surface area (Å²) in [7, 11) is 0. The van der Waals surface area contributed by atoms with Crippen LogP contribution in [0.2, 0.25) is 0 Å². The van der Waals surface area contributed by atoms with Crippen molar-refractivity contribution in [2.45, 2.75) is 19.9 Å². The minimum Gasteiger partial charge on any atom is -0.343 e. The Morgan fingerprint density at radius 1 is 0.947 bits per heavy atom. The van der Waals surface area contributed by atoms with Gasteiger partial charge in [0.15, 0.2) is 0 Å². The maximum Gasteiger partial charge on any atom is 0.123 e. The smallest absolute Gasteiger partial charge is 0.123 e. The van der Waals surface area contributed by atoms with Crippen molar-refractivity contribution in [1.29, 1.82) is 0 Å². The van der Waals surface area contributed by atoms with E-state index in [1.807, 2.05) is 12.1 Å². The highest BCUT2D eigenvalue weighted by atomic mass is 19.1. The number of nitrogens with zero attached hydrogens (tertiary/aromatic N) is 1. The van der Waals surface area contributed by atoms with Crippen LogP contribution in [-0.4, -0.2) is 4.57 Å². The van der Waals surface area contributed by atoms with Crippen LogP contribution in [0.3, 0.4) is 0 Å². The molecule has 0 fully saturated rings. The van der Waals surface area contributed by atoms with Gasteiger partial charge < -0.3 is 4.57 Å². The Morgan fingerprint density at radius 2 is 1.68 bits per heavy atom. The summed E-state index contributed by atoms with van der Waals surface area (Å²) >= 11 is 0. The molecule has 0 amide bonds. The van der Waals surface area contributed by atoms with E-state index < -0.39 is 0 Å². The van der Waals surface area contributed by atoms with E-state index in [4.69, 9.17) is 0 Å². The van der Waals surface area contributed by atoms with Crippen molar-refractivity contribution in [1.82, 2.24) is 4.57 Å². The number of benzene rings is 2. The Hall–Kier alpha value is -2.09. The molecular weight excluding hydrogens is 237 g/mol. The third kappa shape index (κ3) is 2.39. The molecule has 2 heteroatoms. The lowest BCUT2D eigenvalue weighted by Crippen LogP contribution is -1.97. The van der Waals surface area contributed by atoms with Gasteiger partial charge in [-0.2, -0.15) is 0 Å². The van der Waals surface area contributed by atoms with Crippen LogP contribution in [0.25, 0.3) is 10.9 Å². The first-order valence-electron chi connectivity index (χ1n) is 6.58. The number of halogens is 1. The molecular formula is C17H16FN. The van der Waals surface area contributed by atoms with Crippen LogP contribution in [0.15, 0.2) is 54.7 Å². The van der Waals surface area contributed by atoms with Crippen molar-refractivity contribution < 1.29 is 4.39 Å². The topological polar surface area (TPSA) is 4.93 Å². The fourth-order valence-corrected chi connectivity index (χ4v) is 2.39. The quantitative estimate of drug-likeness (QED) is 0.652. The lowest BCUT2D eigenvalue weighted by atomic mass is 10.1. The van der Waals surface area contributed by atoms with E-state index in [0.29, 0.717) is 0 Å². The molecule has 1 nitrogen and oxygen atoms in total. The van der Waals surface area contributed by atoms with Crippen molar-refractivity contribution in [3.05, 3.63) is 71.7 Å². The summed E-state index contributed by atoms with van der Waals surface area (Å²) in [6.45, 7) is 2.94. The van der Waals surface area contributed by atoms with Crippen molar-refractivity contribution in [3.63, 3.8) is 0 Å². The standard InChI is InChI=1S/C17H16FN/c1-2-13-5-8-17-15(11-13)9-10-19(17)12-14-3-6-16(18)7-4-14/h3-11H,2,12H2,1H3. The van der Waals surface area contributed by atoms with E-state index >= 15 is 0 Å². The first kappa shape index (κ1) is 12.0. The van der Waals surface area contributed by atoms with Gasteiger partial charge in [-0.3, -0.25) is 0 Å². The highest BCUT2D eigenvalue weighted by Gasteiger charge is 2.03. The van der Waals surface area contributed by atoms with E-state index in [9.17, 15) is 4.39 Å². The minimum atomic E-state index is -0.186. The minimum absolute atomic E-state index is 0.186. The Morgan fingerprint density at radius 3 is 2.42 bits per heavy atom. The van der Waals surface area contributed by atoms with Crippen LogP contribution in [-0.2, 0) is 13.0 Å². The van der Waals surface area contributed by atoms with Crippen LogP contribution in [0.1, 0.15) is 18.1 Å². The van der Waals surface area contributed by atoms with Gasteiger partial charge in [0.05, 0.1) is 0 Å². The van der Waals surface area contributed by atoms with Gasteiger partial charge in [0.25, 0.3) is 0 Å². The molecule has 0 aliphatic heterocycles. The van der Waals surface area contributed by atoms with Crippen molar-refractivity contribution >= 4 is 10.9 Å². The van der Waals surface area contributed by atoms with E-state index in [1.54, 1.807) is 0 Å². The van der Waals surface area contributed by atoms with Gasteiger partial charge in [0.1, 0.15) is 5.82 Å². The molecule has 1 aromatic heterocycles. The normalized spacial score (nSPS) is 11.1. The first-order valence-corrected chi connectivity index (χ1v) is 6.58. The van der Waals surface area contributed by atoms with Crippen LogP contribution >= 0.6 is 0 Å². The average Bonchev–Trinajstić information content (AvgIpc) is 2.83. The summed E-state index contributed by atoms with van der Waals surface area (Å²) in [5.74, 6) is -0.186. The van der Waals surface area contributed by atoms with Gasteiger partial charge >= 0.3 is 0 Å². The van der Waals surface area contributed by atoms with Gasteiger partial charge in [-0.05, 0) is 53.3 Å². The zero-order chi connectivity index (χ0) is 13.2. The Kier molecular flexibility index (Phi) is 3.08. The molecule has 0 aliphatic rings. The fraction of sp³-hybridized carbons (Fsp3) is 0.176. The highest BCUT2D eigenvalue weighted by Crippen LogP contribution is 2.19. The molecule has 19 heavy (non-hydrogen) atoms. The molecule has 0 saturated heterocycles. The summed E-state index contributed by atoms with van der Waals surface area (Å²) in [4.78, 5) is 0. The SMILES string of the molecule is CCc1ccc2c(ccn2Cc2ccc(F)cc2)c1. The van der Waals surface area contributed by atoms with Crippen LogP contribution in [0.5, 0.6) is 0 Å². The lowest BCUT2D eigenvalue weighted by Gasteiger charge is -2.06. The van der Waals surface area contributed by atoms with Crippen molar-refractivity contribution in [2.75, 3.05) is 0 Å². The molecule has 2 aromatic carbocycles. The van der Waals surface area contributed by atoms with Crippen molar-refractivity contribution in [3.8, 4) is 0 Å². The maximum absolute atomic E-state index is 12.9. The number of fused-ring (bicyclic) bond motifs is 1. The fourth-order valence-electron chi connectivity index (χ4n) is 2.39. The Labute approximate surface area is 112 Å². The second-order valence-electron chi connectivity index (χ2n) is 4.82. The lowest BCUT2D eigenvalue weighted by molar-refractivity contribution is 0.626. The monoisotopic (exact) mass is 253 g/mol. The molecule has 0 N–H and O–H groups in total. The first-order chi connectivity index (χ1) is 9.26. The molecule has 3 rings (SSSR count). The van der Waals surface area contributed by atoms with Crippen LogP contribution in [0.4, 0.5) is 4.39 Å². The molecule has 96 valence electrons. The maximum atomic E-state index is 12.9. The average molecular weight is 253 g/mol. The number of hydrogen-bond donors (Lipinski definition) is 0. The molecule has 0 spiro atoms. The van der Waals surface area contributed by atoms with Crippen LogP contribution in [0, 0.1) is 5.82 Å². The Bertz CT molecular complexity index is 695. The van der Waals surface area contributed by atoms with Gasteiger partial charge in [0, 0.05) is 18.3 Å². The van der Waals surface area contributed by atoms with Crippen LogP contribution < -0.4 is 0 Å². The van der Waals surface area contributed by atoms with E-state index in [2.05, 4.69) is 42.0 Å². The van der Waals surface area contributed by atoms with E-state index in [-0.39, 0.29) is 5.82 Å². The summed E-state index contributed by atoms with van der Waals surface area (Å²) < 4.78 is 15.1. The largest absolute Gasteiger partial charge is 0.343 e. The summed E-state index contributed by atoms with van der Waals surface area (Å²) in [6, 6.07) is 15.4. The summed E-state index contributed by atoms with van der Waals surface area (Å²) in [5.41, 5.74) is 3.69. The molecule has 0 radical (unpaired) electrons. The molecule has 0 aliphatic carbocycles. The molecule has 0 saturated carbocycles. The second-order valence-corrected chi connectivity index (χ2v) is 4.82. The Balaban J connectivity index is 1.95.